The maximum absolute atomic E-state index is 15.1. The van der Waals surface area contributed by atoms with Crippen LogP contribution >= 0.6 is 0 Å². The van der Waals surface area contributed by atoms with Crippen LogP contribution in [0.1, 0.15) is 140 Å². The maximum Gasteiger partial charge on any atom is 0.246 e. The van der Waals surface area contributed by atoms with Gasteiger partial charge in [-0.3, -0.25) is 57.5 Å². The van der Waals surface area contributed by atoms with Crippen molar-refractivity contribution in [3.63, 3.8) is 0 Å². The van der Waals surface area contributed by atoms with E-state index in [-0.39, 0.29) is 56.9 Å². The molecule has 12 amide bonds. The van der Waals surface area contributed by atoms with E-state index in [1.54, 1.807) is 95.3 Å². The number of carbonyl (C=O) groups excluding carboxylic acids is 12. The Balaban J connectivity index is 1.84. The summed E-state index contributed by atoms with van der Waals surface area (Å²) in [5.41, 5.74) is 0.439. The maximum atomic E-state index is 15.1. The van der Waals surface area contributed by atoms with Crippen LogP contribution in [0, 0.1) is 17.8 Å². The van der Waals surface area contributed by atoms with Gasteiger partial charge in [-0.25, -0.2) is 0 Å². The molecule has 0 unspecified atom stereocenters. The largest absolute Gasteiger partial charge is 0.391 e. The Labute approximate surface area is 554 Å². The number of nitrogens with one attached hydrogen (secondary N) is 7. The zero-order valence-corrected chi connectivity index (χ0v) is 58.2. The minimum absolute atomic E-state index is 0.0337. The summed E-state index contributed by atoms with van der Waals surface area (Å²) in [5.74, 6) is -9.51. The molecule has 0 aromatic heterocycles. The lowest BCUT2D eigenvalue weighted by Crippen LogP contribution is -2.62. The molecular formula is C68H106N12O14. The molecule has 0 radical (unpaired) electrons. The monoisotopic (exact) mass is 1310 g/mol. The summed E-state index contributed by atoms with van der Waals surface area (Å²) >= 11 is 0. The van der Waals surface area contributed by atoms with Crippen molar-refractivity contribution in [3.8, 4) is 0 Å². The van der Waals surface area contributed by atoms with Crippen molar-refractivity contribution in [1.82, 2.24) is 61.7 Å². The first kappa shape index (κ1) is 78.4. The molecule has 2 aromatic rings. The number of rotatable bonds is 13. The van der Waals surface area contributed by atoms with Crippen LogP contribution in [0.4, 0.5) is 0 Å². The molecule has 26 nitrogen and oxygen atoms in total. The second kappa shape index (κ2) is 36.0. The molecule has 2 aromatic carbocycles. The van der Waals surface area contributed by atoms with Crippen LogP contribution in [0.3, 0.4) is 0 Å². The third-order valence-electron chi connectivity index (χ3n) is 17.3. The third-order valence-corrected chi connectivity index (χ3v) is 17.3. The molecule has 0 aliphatic carbocycles. The van der Waals surface area contributed by atoms with E-state index in [4.69, 9.17) is 4.74 Å². The van der Waals surface area contributed by atoms with Crippen molar-refractivity contribution in [2.24, 2.45) is 17.8 Å². The van der Waals surface area contributed by atoms with Gasteiger partial charge in [0.1, 0.15) is 60.4 Å². The fourth-order valence-corrected chi connectivity index (χ4v) is 11.4. The summed E-state index contributed by atoms with van der Waals surface area (Å²) in [6.45, 7) is 21.0. The summed E-state index contributed by atoms with van der Waals surface area (Å²) in [6.07, 6.45) is -0.917. The minimum Gasteiger partial charge on any atom is -0.391 e. The molecule has 0 spiro atoms. The van der Waals surface area contributed by atoms with Crippen molar-refractivity contribution >= 4 is 70.9 Å². The van der Waals surface area contributed by atoms with Crippen molar-refractivity contribution < 1.29 is 67.4 Å². The average Bonchev–Trinajstić information content (AvgIpc) is 1.40. The number of hydrogen-bond acceptors (Lipinski definition) is 14. The normalized spacial score (nSPS) is 26.8. The third kappa shape index (κ3) is 22.9. The van der Waals surface area contributed by atoms with Crippen LogP contribution in [0.2, 0.25) is 0 Å². The van der Waals surface area contributed by atoms with Gasteiger partial charge in [0.25, 0.3) is 0 Å². The summed E-state index contributed by atoms with van der Waals surface area (Å²) in [6, 6.07) is 3.76. The lowest BCUT2D eigenvalue weighted by molar-refractivity contribution is -0.149. The summed E-state index contributed by atoms with van der Waals surface area (Å²) in [4.78, 5) is 179. The Morgan fingerprint density at radius 1 is 0.553 bits per heavy atom. The molecule has 2 aliphatic heterocycles. The van der Waals surface area contributed by atoms with Crippen LogP contribution in [0.5, 0.6) is 0 Å². The van der Waals surface area contributed by atoms with Crippen molar-refractivity contribution in [2.45, 2.75) is 220 Å². The Hall–Kier alpha value is -8.00. The Morgan fingerprint density at radius 3 is 1.61 bits per heavy atom. The standard InChI is InChI=1S/C68H106N12O14/c1-18-41(6)57-63(89)69-37-54(82)70-42(7)34-55(83)76(14)43(8)58(84)71-49(35-46-26-21-19-22-27-46)66(92)78(16)53(33-40(4)5)61(87)74-51(38-94-68(11,12)13)59(85)72-50(36-47-28-23-20-24-29-47)67(93)80-31-25-30-52(80)60(86)75-56(45(10)81)62(88)73-48(32-39(2)3)65(91)77(15)44(9)64(90)79(57)17/h19-24,26-29,39-45,48-53,56-57,81H,18,25,30-38H2,1-17H3,(H,69,89)(H,70,82)(H,71,84)(H,72,85)(H,73,88)(H,74,87)(H,75,86)/t41-,42+,43+,44-,45+,48-,49-,50-,51-,52-,53-,56-,57-/m0/s1. The minimum atomic E-state index is -1.66. The van der Waals surface area contributed by atoms with Gasteiger partial charge in [0, 0.05) is 60.0 Å². The van der Waals surface area contributed by atoms with Crippen LogP contribution < -0.4 is 37.2 Å². The lowest BCUT2D eigenvalue weighted by atomic mass is 9.96. The molecule has 2 fully saturated rings. The topological polar surface area (TPSA) is 335 Å². The first-order valence-corrected chi connectivity index (χ1v) is 32.8. The van der Waals surface area contributed by atoms with E-state index < -0.39 is 168 Å². The first-order chi connectivity index (χ1) is 44.0. The van der Waals surface area contributed by atoms with E-state index in [0.717, 1.165) is 4.90 Å². The second-order valence-corrected chi connectivity index (χ2v) is 27.2. The molecular weight excluding hydrogens is 1210 g/mol. The smallest absolute Gasteiger partial charge is 0.246 e. The van der Waals surface area contributed by atoms with E-state index in [2.05, 4.69) is 37.2 Å². The number of aliphatic hydroxyl groups excluding tert-OH is 1. The van der Waals surface area contributed by atoms with Gasteiger partial charge in [-0.2, -0.15) is 0 Å². The highest BCUT2D eigenvalue weighted by Gasteiger charge is 2.43. The van der Waals surface area contributed by atoms with Crippen molar-refractivity contribution in [2.75, 3.05) is 47.9 Å². The highest BCUT2D eigenvalue weighted by atomic mass is 16.5. The predicted octanol–water partition coefficient (Wildman–Crippen LogP) is 1.59. The summed E-state index contributed by atoms with van der Waals surface area (Å²) < 4.78 is 6.14. The zero-order chi connectivity index (χ0) is 70.6. The Morgan fingerprint density at radius 2 is 1.07 bits per heavy atom. The fraction of sp³-hybridized carbons (Fsp3) is 0.647. The van der Waals surface area contributed by atoms with E-state index >= 15 is 9.59 Å². The molecule has 0 bridgehead atoms. The molecule has 8 N–H and O–H groups in total. The molecule has 4 rings (SSSR count). The van der Waals surface area contributed by atoms with Gasteiger partial charge in [-0.1, -0.05) is 109 Å². The highest BCUT2D eigenvalue weighted by Crippen LogP contribution is 2.23. The molecule has 522 valence electrons. The average molecular weight is 1320 g/mol. The summed E-state index contributed by atoms with van der Waals surface area (Å²) in [5, 5.41) is 30.2. The summed E-state index contributed by atoms with van der Waals surface area (Å²) in [7, 11) is 5.59. The molecule has 2 heterocycles. The van der Waals surface area contributed by atoms with Gasteiger partial charge in [0.2, 0.25) is 70.9 Å². The quantitative estimate of drug-likeness (QED) is 0.141. The Bertz CT molecular complexity index is 2940. The van der Waals surface area contributed by atoms with Gasteiger partial charge in [-0.15, -0.1) is 0 Å². The molecule has 2 aliphatic rings. The van der Waals surface area contributed by atoms with Gasteiger partial charge < -0.3 is 71.6 Å². The SMILES string of the molecule is CC[C@H](C)[C@H]1C(=O)NCC(=O)N[C@H](C)CC(=O)N(C)[C@H](C)C(=O)N[C@@H](Cc2ccccc2)C(=O)N(C)[C@@H](CC(C)C)C(=O)N[C@@H](COC(C)(C)C)C(=O)N[C@@H](Cc2ccccc2)C(=O)N2CCC[C@H]2C(=O)N[C@@H]([C@@H](C)O)C(=O)N[C@@H](CC(C)C)C(=O)N(C)[C@@H](C)C(=O)N1C. The highest BCUT2D eigenvalue weighted by molar-refractivity contribution is 5.99. The number of amides is 12. The molecule has 13 atom stereocenters. The van der Waals surface area contributed by atoms with Gasteiger partial charge in [0.05, 0.1) is 24.9 Å². The molecule has 2 saturated heterocycles. The van der Waals surface area contributed by atoms with E-state index in [0.29, 0.717) is 24.0 Å². The van der Waals surface area contributed by atoms with Crippen molar-refractivity contribution in [1.29, 1.82) is 0 Å². The molecule has 0 saturated carbocycles. The molecule has 94 heavy (non-hydrogen) atoms. The van der Waals surface area contributed by atoms with Gasteiger partial charge >= 0.3 is 0 Å². The van der Waals surface area contributed by atoms with Gasteiger partial charge in [-0.05, 0) is 103 Å². The number of hydrogen-bond donors (Lipinski definition) is 8. The van der Waals surface area contributed by atoms with Gasteiger partial charge in [0.15, 0.2) is 0 Å². The number of aliphatic hydroxyl groups is 1. The van der Waals surface area contributed by atoms with Crippen LogP contribution in [-0.2, 0) is 75.1 Å². The van der Waals surface area contributed by atoms with E-state index in [9.17, 15) is 53.1 Å². The number of nitrogens with zero attached hydrogens (tertiary/aromatic N) is 5. The lowest BCUT2D eigenvalue weighted by Gasteiger charge is -2.36. The van der Waals surface area contributed by atoms with Crippen LogP contribution in [0.15, 0.2) is 60.7 Å². The zero-order valence-electron chi connectivity index (χ0n) is 58.2. The van der Waals surface area contributed by atoms with E-state index in [1.807, 2.05) is 34.6 Å². The predicted molar refractivity (Wildman–Crippen MR) is 353 cm³/mol. The number of ether oxygens (including phenoxy) is 1. The second-order valence-electron chi connectivity index (χ2n) is 27.2. The number of carbonyl (C=O) groups is 12. The van der Waals surface area contributed by atoms with Crippen molar-refractivity contribution in [3.05, 3.63) is 71.8 Å². The van der Waals surface area contributed by atoms with E-state index in [1.165, 1.54) is 68.6 Å². The Kier molecular flexibility index (Phi) is 30.1. The number of likely N-dealkylation sites (N-methyl/N-ethyl adjacent to an activating group) is 4. The first-order valence-electron chi connectivity index (χ1n) is 32.8. The number of benzene rings is 2. The molecule has 26 heteroatoms. The van der Waals surface area contributed by atoms with Crippen LogP contribution in [-0.4, -0.2) is 227 Å². The fourth-order valence-electron chi connectivity index (χ4n) is 11.4. The van der Waals surface area contributed by atoms with Crippen LogP contribution in [0.25, 0.3) is 0 Å². The number of fused-ring (bicyclic) bond motifs is 1.